The lowest BCUT2D eigenvalue weighted by molar-refractivity contribution is 0.625. The first-order chi connectivity index (χ1) is 8.56. The summed E-state index contributed by atoms with van der Waals surface area (Å²) in [6.45, 7) is 0. The van der Waals surface area contributed by atoms with Crippen LogP contribution in [0.25, 0.3) is 0 Å². The van der Waals surface area contributed by atoms with Crippen molar-refractivity contribution in [2.45, 2.75) is 10.6 Å². The molecule has 5 heteroatoms. The predicted octanol–water partition coefficient (Wildman–Crippen LogP) is 4.04. The van der Waals surface area contributed by atoms with E-state index < -0.39 is 10.8 Å². The van der Waals surface area contributed by atoms with Gasteiger partial charge in [0, 0.05) is 9.37 Å². The van der Waals surface area contributed by atoms with Gasteiger partial charge in [-0.25, -0.2) is 8.78 Å². The summed E-state index contributed by atoms with van der Waals surface area (Å²) < 4.78 is 38.3. The van der Waals surface area contributed by atoms with Crippen LogP contribution in [0.4, 0.5) is 8.78 Å². The van der Waals surface area contributed by atoms with Crippen LogP contribution in [-0.2, 0) is 16.6 Å². The fourth-order valence-corrected chi connectivity index (χ4v) is 3.27. The highest BCUT2D eigenvalue weighted by molar-refractivity contribution is 9.10. The Morgan fingerprint density at radius 1 is 1.00 bits per heavy atom. The summed E-state index contributed by atoms with van der Waals surface area (Å²) in [5, 5.41) is 0. The average molecular weight is 331 g/mol. The Bertz CT molecular complexity index is 584. The lowest BCUT2D eigenvalue weighted by Crippen LogP contribution is -1.98. The maximum Gasteiger partial charge on any atom is 0.124 e. The van der Waals surface area contributed by atoms with Crippen LogP contribution in [0.15, 0.2) is 51.8 Å². The zero-order valence-electron chi connectivity index (χ0n) is 9.20. The SMILES string of the molecule is O=S(Cc1ccc(F)cc1Br)c1ccc(F)cc1. The number of benzene rings is 2. The molecule has 0 aliphatic carbocycles. The van der Waals surface area contributed by atoms with Gasteiger partial charge in [0.25, 0.3) is 0 Å². The van der Waals surface area contributed by atoms with Gasteiger partial charge in [-0.15, -0.1) is 0 Å². The molecule has 1 atom stereocenters. The van der Waals surface area contributed by atoms with Crippen molar-refractivity contribution in [3.8, 4) is 0 Å². The molecule has 2 rings (SSSR count). The van der Waals surface area contributed by atoms with Crippen LogP contribution in [0.3, 0.4) is 0 Å². The monoisotopic (exact) mass is 330 g/mol. The summed E-state index contributed by atoms with van der Waals surface area (Å²) in [5.74, 6) is -0.455. The first-order valence-electron chi connectivity index (χ1n) is 5.14. The van der Waals surface area contributed by atoms with E-state index in [1.54, 1.807) is 6.07 Å². The highest BCUT2D eigenvalue weighted by atomic mass is 79.9. The normalized spacial score (nSPS) is 12.4. The van der Waals surface area contributed by atoms with Crippen molar-refractivity contribution >= 4 is 26.7 Å². The molecule has 2 aromatic rings. The molecule has 1 nitrogen and oxygen atoms in total. The summed E-state index contributed by atoms with van der Waals surface area (Å²) >= 11 is 3.23. The van der Waals surface area contributed by atoms with E-state index in [0.29, 0.717) is 9.37 Å². The van der Waals surface area contributed by atoms with Gasteiger partial charge in [-0.05, 0) is 42.0 Å². The highest BCUT2D eigenvalue weighted by Crippen LogP contribution is 2.21. The Morgan fingerprint density at radius 3 is 2.22 bits per heavy atom. The topological polar surface area (TPSA) is 17.1 Å². The van der Waals surface area contributed by atoms with E-state index in [0.717, 1.165) is 5.56 Å². The molecule has 0 saturated carbocycles. The first-order valence-corrected chi connectivity index (χ1v) is 7.25. The molecule has 94 valence electrons. The first kappa shape index (κ1) is 13.4. The average Bonchev–Trinajstić information content (AvgIpc) is 2.33. The second-order valence-electron chi connectivity index (χ2n) is 3.68. The van der Waals surface area contributed by atoms with Crippen LogP contribution < -0.4 is 0 Å². The third-order valence-electron chi connectivity index (χ3n) is 2.38. The molecule has 1 unspecified atom stereocenters. The van der Waals surface area contributed by atoms with Gasteiger partial charge < -0.3 is 0 Å². The minimum atomic E-state index is -1.28. The van der Waals surface area contributed by atoms with Gasteiger partial charge in [0.2, 0.25) is 0 Å². The third kappa shape index (κ3) is 3.23. The maximum absolute atomic E-state index is 12.9. The molecule has 0 saturated heterocycles. The zero-order chi connectivity index (χ0) is 13.1. The lowest BCUT2D eigenvalue weighted by atomic mass is 10.2. The molecule has 0 amide bonds. The van der Waals surface area contributed by atoms with Gasteiger partial charge in [0.05, 0.1) is 16.6 Å². The predicted molar refractivity (Wildman–Crippen MR) is 70.6 cm³/mol. The second-order valence-corrected chi connectivity index (χ2v) is 5.98. The Hall–Kier alpha value is -1.07. The molecule has 0 aliphatic heterocycles. The molecule has 0 radical (unpaired) electrons. The van der Waals surface area contributed by atoms with Crippen LogP contribution >= 0.6 is 15.9 Å². The van der Waals surface area contributed by atoms with Gasteiger partial charge >= 0.3 is 0 Å². The quantitative estimate of drug-likeness (QED) is 0.830. The highest BCUT2D eigenvalue weighted by Gasteiger charge is 2.08. The molecule has 0 N–H and O–H groups in total. The van der Waals surface area contributed by atoms with Crippen LogP contribution in [0, 0.1) is 11.6 Å². The molecule has 0 fully saturated rings. The van der Waals surface area contributed by atoms with Gasteiger partial charge in [-0.3, -0.25) is 4.21 Å². The van der Waals surface area contributed by atoms with Crippen LogP contribution in [0.5, 0.6) is 0 Å². The van der Waals surface area contributed by atoms with Gasteiger partial charge in [0.1, 0.15) is 11.6 Å². The van der Waals surface area contributed by atoms with E-state index >= 15 is 0 Å². The molecular formula is C13H9BrF2OS. The van der Waals surface area contributed by atoms with Crippen LogP contribution in [0.1, 0.15) is 5.56 Å². The van der Waals surface area contributed by atoms with Gasteiger partial charge in [0.15, 0.2) is 0 Å². The summed E-state index contributed by atoms with van der Waals surface area (Å²) in [4.78, 5) is 0.549. The van der Waals surface area contributed by atoms with Crippen molar-refractivity contribution in [1.82, 2.24) is 0 Å². The number of halogens is 3. The van der Waals surface area contributed by atoms with Gasteiger partial charge in [-0.2, -0.15) is 0 Å². The van der Waals surface area contributed by atoms with Crippen molar-refractivity contribution in [2.75, 3.05) is 0 Å². The van der Waals surface area contributed by atoms with E-state index in [2.05, 4.69) is 15.9 Å². The van der Waals surface area contributed by atoms with Crippen molar-refractivity contribution in [3.05, 3.63) is 64.1 Å². The Labute approximate surface area is 114 Å². The fourth-order valence-electron chi connectivity index (χ4n) is 1.45. The van der Waals surface area contributed by atoms with E-state index in [1.165, 1.54) is 36.4 Å². The molecule has 0 aliphatic rings. The van der Waals surface area contributed by atoms with Crippen LogP contribution in [0.2, 0.25) is 0 Å². The lowest BCUT2D eigenvalue weighted by Gasteiger charge is -2.05. The molecule has 0 aromatic heterocycles. The zero-order valence-corrected chi connectivity index (χ0v) is 11.6. The van der Waals surface area contributed by atoms with E-state index in [4.69, 9.17) is 0 Å². The minimum absolute atomic E-state index is 0.256. The summed E-state index contributed by atoms with van der Waals surface area (Å²) in [5.41, 5.74) is 0.749. The summed E-state index contributed by atoms with van der Waals surface area (Å²) in [7, 11) is -1.28. The number of rotatable bonds is 3. The maximum atomic E-state index is 12.9. The number of hydrogen-bond acceptors (Lipinski definition) is 1. The van der Waals surface area contributed by atoms with Crippen molar-refractivity contribution in [2.24, 2.45) is 0 Å². The van der Waals surface area contributed by atoms with Crippen molar-refractivity contribution in [1.29, 1.82) is 0 Å². The van der Waals surface area contributed by atoms with Crippen molar-refractivity contribution < 1.29 is 13.0 Å². The summed E-state index contributed by atoms with van der Waals surface area (Å²) in [6.07, 6.45) is 0. The van der Waals surface area contributed by atoms with E-state index in [-0.39, 0.29) is 17.4 Å². The standard InChI is InChI=1S/C13H9BrF2OS/c14-13-7-11(16)2-1-9(13)8-18(17)12-5-3-10(15)4-6-12/h1-7H,8H2. The minimum Gasteiger partial charge on any atom is -0.254 e. The molecule has 18 heavy (non-hydrogen) atoms. The van der Waals surface area contributed by atoms with Crippen molar-refractivity contribution in [3.63, 3.8) is 0 Å². The molecule has 0 heterocycles. The molecule has 2 aromatic carbocycles. The molecule has 0 spiro atoms. The van der Waals surface area contributed by atoms with Crippen LogP contribution in [-0.4, -0.2) is 4.21 Å². The smallest absolute Gasteiger partial charge is 0.124 e. The largest absolute Gasteiger partial charge is 0.254 e. The molecule has 0 bridgehead atoms. The fraction of sp³-hybridized carbons (Fsp3) is 0.0769. The Kier molecular flexibility index (Phi) is 4.24. The molecular weight excluding hydrogens is 322 g/mol. The third-order valence-corrected chi connectivity index (χ3v) is 4.49. The Balaban J connectivity index is 2.18. The van der Waals surface area contributed by atoms with E-state index in [1.807, 2.05) is 0 Å². The summed E-state index contributed by atoms with van der Waals surface area (Å²) in [6, 6.07) is 9.76. The Morgan fingerprint density at radius 2 is 1.61 bits per heavy atom. The number of hydrogen-bond donors (Lipinski definition) is 0. The van der Waals surface area contributed by atoms with E-state index in [9.17, 15) is 13.0 Å². The van der Waals surface area contributed by atoms with Gasteiger partial charge in [-0.1, -0.05) is 22.0 Å². The second kappa shape index (κ2) is 5.71.